The van der Waals surface area contributed by atoms with Crippen LogP contribution in [0.1, 0.15) is 25.1 Å². The van der Waals surface area contributed by atoms with E-state index in [4.69, 9.17) is 16.3 Å². The van der Waals surface area contributed by atoms with E-state index in [2.05, 4.69) is 20.2 Å². The molecule has 2 aromatic rings. The Morgan fingerprint density at radius 3 is 3.00 bits per heavy atom. The fraction of sp³-hybridized carbons (Fsp3) is 0.600. The Hall–Kier alpha value is -1.63. The van der Waals surface area contributed by atoms with Crippen LogP contribution < -0.4 is 5.32 Å². The number of aryl methyl sites for hydroxylation is 1. The minimum absolute atomic E-state index is 0.213. The molecule has 146 valence electrons. The summed E-state index contributed by atoms with van der Waals surface area (Å²) >= 11 is 6.03. The third-order valence-corrected chi connectivity index (χ3v) is 6.44. The molecule has 0 aliphatic carbocycles. The van der Waals surface area contributed by atoms with Gasteiger partial charge in [-0.3, -0.25) is 4.79 Å². The summed E-state index contributed by atoms with van der Waals surface area (Å²) in [5.41, 5.74) is 2.02. The Kier molecular flexibility index (Phi) is 5.39. The zero-order valence-corrected chi connectivity index (χ0v) is 16.5. The molecule has 3 heterocycles. The number of imidazole rings is 1. The highest BCUT2D eigenvalue weighted by molar-refractivity contribution is 6.31. The minimum Gasteiger partial charge on any atom is -0.384 e. The van der Waals surface area contributed by atoms with Gasteiger partial charge in [-0.05, 0) is 49.5 Å². The average molecular weight is 391 g/mol. The number of carbonyl (C=O) groups excluding carboxylic acids is 1. The lowest BCUT2D eigenvalue weighted by molar-refractivity contribution is -0.130. The van der Waals surface area contributed by atoms with Crippen LogP contribution in [-0.2, 0) is 16.0 Å². The number of nitrogens with zero attached hydrogens (tertiary/aromatic N) is 2. The average Bonchev–Trinajstić information content (AvgIpc) is 3.22. The van der Waals surface area contributed by atoms with Crippen LogP contribution >= 0.6 is 11.6 Å². The zero-order valence-electron chi connectivity index (χ0n) is 15.8. The van der Waals surface area contributed by atoms with Gasteiger partial charge in [-0.15, -0.1) is 0 Å². The van der Waals surface area contributed by atoms with Crippen LogP contribution in [0.25, 0.3) is 11.0 Å². The minimum atomic E-state index is 0.213. The van der Waals surface area contributed by atoms with Gasteiger partial charge >= 0.3 is 0 Å². The summed E-state index contributed by atoms with van der Waals surface area (Å²) in [4.78, 5) is 22.8. The largest absolute Gasteiger partial charge is 0.384 e. The van der Waals surface area contributed by atoms with Crippen molar-refractivity contribution >= 4 is 28.5 Å². The summed E-state index contributed by atoms with van der Waals surface area (Å²) in [6.45, 7) is 4.46. The maximum Gasteiger partial charge on any atom is 0.223 e. The number of fused-ring (bicyclic) bond motifs is 1. The molecule has 1 unspecified atom stereocenters. The molecule has 0 radical (unpaired) electrons. The summed E-state index contributed by atoms with van der Waals surface area (Å²) < 4.78 is 5.47. The number of halogens is 1. The van der Waals surface area contributed by atoms with Crippen LogP contribution in [0, 0.1) is 11.3 Å². The molecule has 2 saturated heterocycles. The van der Waals surface area contributed by atoms with E-state index in [1.807, 2.05) is 18.2 Å². The summed E-state index contributed by atoms with van der Waals surface area (Å²) in [6, 6.07) is 5.60. The molecule has 1 atom stereocenters. The number of rotatable bonds is 5. The first-order valence-corrected chi connectivity index (χ1v) is 10.1. The second-order valence-electron chi connectivity index (χ2n) is 7.88. The van der Waals surface area contributed by atoms with E-state index in [0.717, 1.165) is 62.5 Å². The Labute approximate surface area is 164 Å². The predicted molar refractivity (Wildman–Crippen MR) is 106 cm³/mol. The van der Waals surface area contributed by atoms with E-state index in [9.17, 15) is 4.79 Å². The fourth-order valence-electron chi connectivity index (χ4n) is 4.68. The van der Waals surface area contributed by atoms with Crippen molar-refractivity contribution in [1.29, 1.82) is 0 Å². The lowest BCUT2D eigenvalue weighted by Gasteiger charge is -2.38. The van der Waals surface area contributed by atoms with E-state index >= 15 is 0 Å². The van der Waals surface area contributed by atoms with E-state index < -0.39 is 0 Å². The SMILES string of the molecule is COCC1CN(C(=O)CCc2nc3ccc(Cl)cc3[nH]2)CC12CCNCC2. The number of H-pyrrole nitrogens is 1. The third-order valence-electron chi connectivity index (χ3n) is 6.20. The number of likely N-dealkylation sites (tertiary alicyclic amines) is 1. The third kappa shape index (κ3) is 3.84. The lowest BCUT2D eigenvalue weighted by atomic mass is 9.71. The molecule has 7 heteroatoms. The number of methoxy groups -OCH3 is 1. The van der Waals surface area contributed by atoms with Crippen LogP contribution in [-0.4, -0.2) is 60.7 Å². The zero-order chi connectivity index (χ0) is 18.9. The van der Waals surface area contributed by atoms with E-state index in [0.29, 0.717) is 23.8 Å². The van der Waals surface area contributed by atoms with Crippen molar-refractivity contribution in [2.75, 3.05) is 39.9 Å². The predicted octanol–water partition coefficient (Wildman–Crippen LogP) is 2.62. The van der Waals surface area contributed by atoms with Gasteiger partial charge < -0.3 is 19.9 Å². The number of piperidine rings is 1. The van der Waals surface area contributed by atoms with E-state index in [1.165, 1.54) is 0 Å². The molecule has 4 rings (SSSR count). The first-order chi connectivity index (χ1) is 13.1. The first kappa shape index (κ1) is 18.7. The van der Waals surface area contributed by atoms with Gasteiger partial charge in [0.15, 0.2) is 0 Å². The molecule has 2 N–H and O–H groups in total. The molecule has 2 fully saturated rings. The molecule has 27 heavy (non-hydrogen) atoms. The number of ether oxygens (including phenoxy) is 1. The van der Waals surface area contributed by atoms with Gasteiger partial charge in [0.25, 0.3) is 0 Å². The number of hydrogen-bond acceptors (Lipinski definition) is 4. The summed E-state index contributed by atoms with van der Waals surface area (Å²) in [7, 11) is 1.76. The molecule has 1 spiro atoms. The van der Waals surface area contributed by atoms with Crippen LogP contribution in [0.2, 0.25) is 5.02 Å². The number of hydrogen-bond donors (Lipinski definition) is 2. The highest BCUT2D eigenvalue weighted by atomic mass is 35.5. The molecule has 2 aliphatic heterocycles. The number of aromatic amines is 1. The van der Waals surface area contributed by atoms with Crippen molar-refractivity contribution in [2.24, 2.45) is 11.3 Å². The van der Waals surface area contributed by atoms with Crippen LogP contribution in [0.4, 0.5) is 0 Å². The summed E-state index contributed by atoms with van der Waals surface area (Å²) in [6.07, 6.45) is 3.33. The highest BCUT2D eigenvalue weighted by Crippen LogP contribution is 2.43. The van der Waals surface area contributed by atoms with Gasteiger partial charge in [0.1, 0.15) is 5.82 Å². The van der Waals surface area contributed by atoms with Crippen LogP contribution in [0.15, 0.2) is 18.2 Å². The van der Waals surface area contributed by atoms with Gasteiger partial charge in [-0.25, -0.2) is 4.98 Å². The van der Waals surface area contributed by atoms with E-state index in [-0.39, 0.29) is 11.3 Å². The summed E-state index contributed by atoms with van der Waals surface area (Å²) in [5, 5.41) is 4.12. The Morgan fingerprint density at radius 1 is 1.41 bits per heavy atom. The van der Waals surface area contributed by atoms with Gasteiger partial charge in [0.2, 0.25) is 5.91 Å². The Morgan fingerprint density at radius 2 is 2.22 bits per heavy atom. The molecule has 0 bridgehead atoms. The number of aromatic nitrogens is 2. The van der Waals surface area contributed by atoms with Crippen LogP contribution in [0.3, 0.4) is 0 Å². The second kappa shape index (κ2) is 7.78. The molecule has 2 aliphatic rings. The number of nitrogens with one attached hydrogen (secondary N) is 2. The van der Waals surface area contributed by atoms with Gasteiger partial charge in [0.05, 0.1) is 17.6 Å². The van der Waals surface area contributed by atoms with Gasteiger partial charge in [-0.1, -0.05) is 11.6 Å². The molecule has 0 saturated carbocycles. The maximum atomic E-state index is 12.9. The molecule has 1 aromatic carbocycles. The monoisotopic (exact) mass is 390 g/mol. The van der Waals surface area contributed by atoms with Crippen molar-refractivity contribution < 1.29 is 9.53 Å². The second-order valence-corrected chi connectivity index (χ2v) is 8.32. The maximum absolute atomic E-state index is 12.9. The number of carbonyl (C=O) groups is 1. The van der Waals surface area contributed by atoms with E-state index in [1.54, 1.807) is 7.11 Å². The van der Waals surface area contributed by atoms with Crippen molar-refractivity contribution in [3.63, 3.8) is 0 Å². The Bertz CT molecular complexity index is 815. The smallest absolute Gasteiger partial charge is 0.223 e. The fourth-order valence-corrected chi connectivity index (χ4v) is 4.85. The summed E-state index contributed by atoms with van der Waals surface area (Å²) in [5.74, 6) is 1.48. The lowest BCUT2D eigenvalue weighted by Crippen LogP contribution is -2.43. The molecule has 1 aromatic heterocycles. The van der Waals surface area contributed by atoms with Gasteiger partial charge in [0, 0.05) is 44.0 Å². The molecular formula is C20H27ClN4O2. The normalized spacial score (nSPS) is 22.0. The van der Waals surface area contributed by atoms with Crippen molar-refractivity contribution in [3.05, 3.63) is 29.0 Å². The van der Waals surface area contributed by atoms with Crippen LogP contribution in [0.5, 0.6) is 0 Å². The standard InChI is InChI=1S/C20H27ClN4O2/c1-27-12-14-11-25(13-20(14)6-8-22-9-7-20)19(26)5-4-18-23-16-3-2-15(21)10-17(16)24-18/h2-3,10,14,22H,4-9,11-13H2,1H3,(H,23,24). The van der Waals surface area contributed by atoms with Crippen molar-refractivity contribution in [2.45, 2.75) is 25.7 Å². The highest BCUT2D eigenvalue weighted by Gasteiger charge is 2.47. The van der Waals surface area contributed by atoms with Crippen molar-refractivity contribution in [1.82, 2.24) is 20.2 Å². The molecular weight excluding hydrogens is 364 g/mol. The quantitative estimate of drug-likeness (QED) is 0.823. The Balaban J connectivity index is 1.40. The van der Waals surface area contributed by atoms with Crippen molar-refractivity contribution in [3.8, 4) is 0 Å². The van der Waals surface area contributed by atoms with Gasteiger partial charge in [-0.2, -0.15) is 0 Å². The molecule has 1 amide bonds. The topological polar surface area (TPSA) is 70.2 Å². The first-order valence-electron chi connectivity index (χ1n) is 9.71. The number of amides is 1. The number of benzene rings is 1. The molecule has 6 nitrogen and oxygen atoms in total.